The maximum absolute atomic E-state index is 14.0. The number of carbonyl (C=O) groups is 2. The van der Waals surface area contributed by atoms with E-state index in [4.69, 9.17) is 5.11 Å². The van der Waals surface area contributed by atoms with Crippen LogP contribution in [0.4, 0.5) is 4.39 Å². The standard InChI is InChI=1S/C19H16FN3O4/c20-13-7-3-1-5-11(13)14(10-18(25)26)21-19(27)16-9-15(22-23-16)12-6-2-4-8-17(12)24/h1-9,14,24H,10H2,(H,21,27)(H,22,23)(H,25,26). The first kappa shape index (κ1) is 18.1. The first-order valence-corrected chi connectivity index (χ1v) is 8.06. The highest BCUT2D eigenvalue weighted by molar-refractivity contribution is 5.94. The van der Waals surface area contributed by atoms with Crippen LogP contribution in [0.15, 0.2) is 54.6 Å². The molecule has 2 aromatic carbocycles. The lowest BCUT2D eigenvalue weighted by molar-refractivity contribution is -0.137. The monoisotopic (exact) mass is 369 g/mol. The molecular formula is C19H16FN3O4. The van der Waals surface area contributed by atoms with Gasteiger partial charge in [0.2, 0.25) is 0 Å². The van der Waals surface area contributed by atoms with Gasteiger partial charge in [-0.25, -0.2) is 4.39 Å². The van der Waals surface area contributed by atoms with Gasteiger partial charge in [-0.3, -0.25) is 14.7 Å². The molecule has 0 aliphatic rings. The molecule has 138 valence electrons. The number of aromatic hydroxyl groups is 1. The number of aliphatic carboxylic acids is 1. The molecule has 0 bridgehead atoms. The van der Waals surface area contributed by atoms with Gasteiger partial charge in [0.25, 0.3) is 5.91 Å². The summed E-state index contributed by atoms with van der Waals surface area (Å²) >= 11 is 0. The smallest absolute Gasteiger partial charge is 0.305 e. The Morgan fingerprint density at radius 1 is 1.15 bits per heavy atom. The average molecular weight is 369 g/mol. The molecule has 0 aliphatic heterocycles. The normalized spacial score (nSPS) is 11.7. The molecule has 1 heterocycles. The summed E-state index contributed by atoms with van der Waals surface area (Å²) in [7, 11) is 0. The van der Waals surface area contributed by atoms with Crippen molar-refractivity contribution in [3.05, 3.63) is 71.7 Å². The Hall–Kier alpha value is -3.68. The third-order valence-electron chi connectivity index (χ3n) is 3.97. The summed E-state index contributed by atoms with van der Waals surface area (Å²) in [4.78, 5) is 23.6. The second-order valence-electron chi connectivity index (χ2n) is 5.83. The lowest BCUT2D eigenvalue weighted by Gasteiger charge is -2.17. The molecule has 0 saturated heterocycles. The molecule has 1 unspecified atom stereocenters. The number of nitrogens with zero attached hydrogens (tertiary/aromatic N) is 1. The number of nitrogens with one attached hydrogen (secondary N) is 2. The molecule has 0 fully saturated rings. The van der Waals surface area contributed by atoms with E-state index in [-0.39, 0.29) is 17.0 Å². The third-order valence-corrected chi connectivity index (χ3v) is 3.97. The van der Waals surface area contributed by atoms with E-state index in [9.17, 15) is 19.1 Å². The number of benzene rings is 2. The zero-order valence-corrected chi connectivity index (χ0v) is 14.0. The fourth-order valence-corrected chi connectivity index (χ4v) is 2.67. The number of carbonyl (C=O) groups excluding carboxylic acids is 1. The molecule has 1 amide bonds. The van der Waals surface area contributed by atoms with Crippen molar-refractivity contribution in [3.63, 3.8) is 0 Å². The van der Waals surface area contributed by atoms with Crippen molar-refractivity contribution in [2.45, 2.75) is 12.5 Å². The lowest BCUT2D eigenvalue weighted by atomic mass is 10.0. The summed E-state index contributed by atoms with van der Waals surface area (Å²) < 4.78 is 14.0. The van der Waals surface area contributed by atoms with E-state index in [2.05, 4.69) is 15.5 Å². The van der Waals surface area contributed by atoms with E-state index < -0.39 is 30.2 Å². The van der Waals surface area contributed by atoms with E-state index in [1.165, 1.54) is 30.3 Å². The number of aromatic nitrogens is 2. The Morgan fingerprint density at radius 2 is 1.85 bits per heavy atom. The van der Waals surface area contributed by atoms with Crippen LogP contribution < -0.4 is 5.32 Å². The minimum absolute atomic E-state index is 0.00562. The highest BCUT2D eigenvalue weighted by Crippen LogP contribution is 2.27. The van der Waals surface area contributed by atoms with Gasteiger partial charge in [0.1, 0.15) is 17.3 Å². The fraction of sp³-hybridized carbons (Fsp3) is 0.105. The molecule has 1 aromatic heterocycles. The number of rotatable bonds is 6. The number of carboxylic acid groups (broad SMARTS) is 1. The fourth-order valence-electron chi connectivity index (χ4n) is 2.67. The highest BCUT2D eigenvalue weighted by Gasteiger charge is 2.23. The largest absolute Gasteiger partial charge is 0.507 e. The Bertz CT molecular complexity index is 986. The second kappa shape index (κ2) is 7.69. The highest BCUT2D eigenvalue weighted by atomic mass is 19.1. The number of phenols is 1. The van der Waals surface area contributed by atoms with Crippen LogP contribution in [0.2, 0.25) is 0 Å². The molecule has 8 heteroatoms. The first-order chi connectivity index (χ1) is 13.0. The Balaban J connectivity index is 1.83. The topological polar surface area (TPSA) is 115 Å². The van der Waals surface area contributed by atoms with Gasteiger partial charge in [-0.15, -0.1) is 0 Å². The van der Waals surface area contributed by atoms with Crippen molar-refractivity contribution in [3.8, 4) is 17.0 Å². The molecular weight excluding hydrogens is 353 g/mol. The summed E-state index contributed by atoms with van der Waals surface area (Å²) in [5.74, 6) is -2.42. The summed E-state index contributed by atoms with van der Waals surface area (Å²) in [5.41, 5.74) is 0.914. The van der Waals surface area contributed by atoms with Gasteiger partial charge in [-0.1, -0.05) is 30.3 Å². The molecule has 27 heavy (non-hydrogen) atoms. The van der Waals surface area contributed by atoms with Crippen LogP contribution in [0.25, 0.3) is 11.3 Å². The van der Waals surface area contributed by atoms with Crippen LogP contribution in [0, 0.1) is 5.82 Å². The van der Waals surface area contributed by atoms with Crippen LogP contribution in [-0.4, -0.2) is 32.3 Å². The van der Waals surface area contributed by atoms with Crippen LogP contribution in [0.5, 0.6) is 5.75 Å². The molecule has 3 aromatic rings. The summed E-state index contributed by atoms with van der Waals surface area (Å²) in [6.07, 6.45) is -0.479. The van der Waals surface area contributed by atoms with E-state index >= 15 is 0 Å². The van der Waals surface area contributed by atoms with Crippen molar-refractivity contribution in [1.29, 1.82) is 0 Å². The minimum Gasteiger partial charge on any atom is -0.507 e. The first-order valence-electron chi connectivity index (χ1n) is 8.06. The number of amides is 1. The number of aromatic amines is 1. The third kappa shape index (κ3) is 4.12. The molecule has 7 nitrogen and oxygen atoms in total. The number of hydrogen-bond donors (Lipinski definition) is 4. The van der Waals surface area contributed by atoms with Crippen molar-refractivity contribution < 1.29 is 24.2 Å². The zero-order valence-electron chi connectivity index (χ0n) is 14.0. The number of halogens is 1. The summed E-state index contributed by atoms with van der Waals surface area (Å²) in [6, 6.07) is 12.5. The van der Waals surface area contributed by atoms with Gasteiger partial charge < -0.3 is 15.5 Å². The van der Waals surface area contributed by atoms with Crippen LogP contribution in [0.1, 0.15) is 28.5 Å². The average Bonchev–Trinajstić information content (AvgIpc) is 3.11. The number of hydrogen-bond acceptors (Lipinski definition) is 4. The van der Waals surface area contributed by atoms with E-state index in [1.54, 1.807) is 24.3 Å². The zero-order chi connectivity index (χ0) is 19.4. The number of phenolic OH excluding ortho intramolecular Hbond substituents is 1. The Labute approximate surface area is 153 Å². The molecule has 0 radical (unpaired) electrons. The summed E-state index contributed by atoms with van der Waals surface area (Å²) in [5, 5.41) is 28.0. The number of H-pyrrole nitrogens is 1. The SMILES string of the molecule is O=C(O)CC(NC(=O)c1cc(-c2ccccc2O)n[nH]1)c1ccccc1F. The van der Waals surface area contributed by atoms with Crippen LogP contribution in [-0.2, 0) is 4.79 Å². The predicted octanol–water partition coefficient (Wildman–Crippen LogP) is 2.87. The Morgan fingerprint density at radius 3 is 2.56 bits per heavy atom. The van der Waals surface area contributed by atoms with Gasteiger partial charge in [-0.05, 0) is 24.3 Å². The van der Waals surface area contributed by atoms with E-state index in [0.29, 0.717) is 11.3 Å². The van der Waals surface area contributed by atoms with Crippen LogP contribution in [0.3, 0.4) is 0 Å². The maximum atomic E-state index is 14.0. The lowest BCUT2D eigenvalue weighted by Crippen LogP contribution is -2.31. The van der Waals surface area contributed by atoms with Crippen molar-refractivity contribution in [2.24, 2.45) is 0 Å². The number of para-hydroxylation sites is 1. The van der Waals surface area contributed by atoms with Gasteiger partial charge in [0.05, 0.1) is 18.2 Å². The Kier molecular flexibility index (Phi) is 5.16. The molecule has 4 N–H and O–H groups in total. The van der Waals surface area contributed by atoms with Crippen molar-refractivity contribution >= 4 is 11.9 Å². The van der Waals surface area contributed by atoms with Gasteiger partial charge in [0.15, 0.2) is 0 Å². The van der Waals surface area contributed by atoms with Crippen molar-refractivity contribution in [1.82, 2.24) is 15.5 Å². The van der Waals surface area contributed by atoms with Gasteiger partial charge in [0, 0.05) is 11.1 Å². The minimum atomic E-state index is -1.18. The quantitative estimate of drug-likeness (QED) is 0.533. The van der Waals surface area contributed by atoms with Gasteiger partial charge >= 0.3 is 5.97 Å². The predicted molar refractivity (Wildman–Crippen MR) is 94.5 cm³/mol. The van der Waals surface area contributed by atoms with E-state index in [1.807, 2.05) is 0 Å². The molecule has 0 aliphatic carbocycles. The number of carboxylic acids is 1. The van der Waals surface area contributed by atoms with E-state index in [0.717, 1.165) is 0 Å². The maximum Gasteiger partial charge on any atom is 0.305 e. The second-order valence-corrected chi connectivity index (χ2v) is 5.83. The van der Waals surface area contributed by atoms with Crippen LogP contribution >= 0.6 is 0 Å². The van der Waals surface area contributed by atoms with Gasteiger partial charge in [-0.2, -0.15) is 5.10 Å². The van der Waals surface area contributed by atoms with Crippen molar-refractivity contribution in [2.75, 3.05) is 0 Å². The molecule has 1 atom stereocenters. The molecule has 3 rings (SSSR count). The molecule has 0 spiro atoms. The molecule has 0 saturated carbocycles. The summed E-state index contributed by atoms with van der Waals surface area (Å²) in [6.45, 7) is 0.